The summed E-state index contributed by atoms with van der Waals surface area (Å²) in [5.74, 6) is 0.443. The second-order valence-corrected chi connectivity index (χ2v) is 6.39. The van der Waals surface area contributed by atoms with E-state index in [2.05, 4.69) is 22.8 Å². The zero-order chi connectivity index (χ0) is 18.8. The van der Waals surface area contributed by atoms with E-state index in [0.717, 1.165) is 12.8 Å². The van der Waals surface area contributed by atoms with Crippen molar-refractivity contribution < 1.29 is 14.3 Å². The molecule has 0 heterocycles. The molecule has 1 atom stereocenters. The summed E-state index contributed by atoms with van der Waals surface area (Å²) in [7, 11) is 1.60. The van der Waals surface area contributed by atoms with E-state index >= 15 is 0 Å². The fraction of sp³-hybridized carbons (Fsp3) is 0.350. The summed E-state index contributed by atoms with van der Waals surface area (Å²) < 4.78 is 10.6. The van der Waals surface area contributed by atoms with Crippen LogP contribution in [0, 0.1) is 0 Å². The van der Waals surface area contributed by atoms with Crippen LogP contribution in [0.4, 0.5) is 10.5 Å². The van der Waals surface area contributed by atoms with Crippen molar-refractivity contribution in [2.24, 2.45) is 0 Å². The molecule has 2 aromatic rings. The summed E-state index contributed by atoms with van der Waals surface area (Å²) in [6.45, 7) is 2.77. The molecule has 0 aliphatic rings. The largest absolute Gasteiger partial charge is 0.487 e. The van der Waals surface area contributed by atoms with E-state index in [0.29, 0.717) is 29.7 Å². The van der Waals surface area contributed by atoms with Gasteiger partial charge in [-0.15, -0.1) is 0 Å². The molecule has 2 N–H and O–H groups in total. The van der Waals surface area contributed by atoms with Gasteiger partial charge in [-0.3, -0.25) is 0 Å². The number of anilines is 1. The minimum absolute atomic E-state index is 0.0345. The molecule has 2 aromatic carbocycles. The highest BCUT2D eigenvalue weighted by Gasteiger charge is 2.13. The van der Waals surface area contributed by atoms with Crippen LogP contribution in [-0.2, 0) is 11.2 Å². The van der Waals surface area contributed by atoms with Crippen LogP contribution < -0.4 is 15.4 Å². The van der Waals surface area contributed by atoms with Gasteiger partial charge in [-0.2, -0.15) is 0 Å². The summed E-state index contributed by atoms with van der Waals surface area (Å²) >= 11 is 6.18. The van der Waals surface area contributed by atoms with Gasteiger partial charge in [-0.25, -0.2) is 4.79 Å². The molecule has 0 spiro atoms. The molecule has 5 nitrogen and oxygen atoms in total. The number of hydrogen-bond donors (Lipinski definition) is 2. The number of hydrogen-bond acceptors (Lipinski definition) is 3. The van der Waals surface area contributed by atoms with Gasteiger partial charge in [0, 0.05) is 13.2 Å². The molecule has 0 aliphatic heterocycles. The molecule has 0 aliphatic carbocycles. The molecule has 0 aromatic heterocycles. The van der Waals surface area contributed by atoms with Gasteiger partial charge in [0.25, 0.3) is 0 Å². The number of amides is 2. The number of aryl methyl sites for hydroxylation is 1. The SMILES string of the molecule is COCCOc1c(Cl)cccc1NC(=O)NC(C)CCc1ccccc1. The average Bonchev–Trinajstić information content (AvgIpc) is 2.63. The van der Waals surface area contributed by atoms with Gasteiger partial charge in [0.05, 0.1) is 17.3 Å². The minimum atomic E-state index is -0.288. The van der Waals surface area contributed by atoms with Gasteiger partial charge in [-0.1, -0.05) is 48.0 Å². The third-order valence-corrected chi connectivity index (χ3v) is 4.13. The van der Waals surface area contributed by atoms with Crippen LogP contribution >= 0.6 is 11.6 Å². The number of carbonyl (C=O) groups excluding carboxylic acids is 1. The predicted octanol–water partition coefficient (Wildman–Crippen LogP) is 4.51. The van der Waals surface area contributed by atoms with Crippen LogP contribution in [0.2, 0.25) is 5.02 Å². The van der Waals surface area contributed by atoms with Crippen LogP contribution in [0.1, 0.15) is 18.9 Å². The molecule has 0 bridgehead atoms. The number of methoxy groups -OCH3 is 1. The number of ether oxygens (including phenoxy) is 2. The lowest BCUT2D eigenvalue weighted by molar-refractivity contribution is 0.146. The Kier molecular flexibility index (Phi) is 8.25. The number of urea groups is 1. The van der Waals surface area contributed by atoms with E-state index in [1.807, 2.05) is 25.1 Å². The number of benzene rings is 2. The molecule has 0 fully saturated rings. The van der Waals surface area contributed by atoms with E-state index in [-0.39, 0.29) is 12.1 Å². The lowest BCUT2D eigenvalue weighted by Crippen LogP contribution is -2.36. The Morgan fingerprint density at radius 1 is 1.12 bits per heavy atom. The quantitative estimate of drug-likeness (QED) is 0.633. The van der Waals surface area contributed by atoms with E-state index in [9.17, 15) is 4.79 Å². The van der Waals surface area contributed by atoms with E-state index in [1.165, 1.54) is 5.56 Å². The van der Waals surface area contributed by atoms with Gasteiger partial charge in [-0.05, 0) is 37.5 Å². The topological polar surface area (TPSA) is 59.6 Å². The van der Waals surface area contributed by atoms with Crippen molar-refractivity contribution in [2.75, 3.05) is 25.6 Å². The van der Waals surface area contributed by atoms with Gasteiger partial charge in [0.15, 0.2) is 5.75 Å². The maximum absolute atomic E-state index is 12.3. The molecule has 2 amide bonds. The molecular weight excluding hydrogens is 352 g/mol. The van der Waals surface area contributed by atoms with Crippen molar-refractivity contribution in [3.05, 3.63) is 59.1 Å². The van der Waals surface area contributed by atoms with Crippen molar-refractivity contribution in [1.29, 1.82) is 0 Å². The predicted molar refractivity (Wildman–Crippen MR) is 105 cm³/mol. The Balaban J connectivity index is 1.87. The third kappa shape index (κ3) is 6.58. The average molecular weight is 377 g/mol. The first-order chi connectivity index (χ1) is 12.6. The van der Waals surface area contributed by atoms with Crippen molar-refractivity contribution in [1.82, 2.24) is 5.32 Å². The van der Waals surface area contributed by atoms with Crippen molar-refractivity contribution in [3.8, 4) is 5.75 Å². The molecule has 1 unspecified atom stereocenters. The Hall–Kier alpha value is -2.24. The summed E-state index contributed by atoms with van der Waals surface area (Å²) in [6.07, 6.45) is 1.76. The number of carbonyl (C=O) groups is 1. The maximum Gasteiger partial charge on any atom is 0.319 e. The number of rotatable bonds is 9. The normalized spacial score (nSPS) is 11.7. The van der Waals surface area contributed by atoms with E-state index in [1.54, 1.807) is 25.3 Å². The second-order valence-electron chi connectivity index (χ2n) is 5.98. The zero-order valence-corrected chi connectivity index (χ0v) is 15.9. The maximum atomic E-state index is 12.3. The van der Waals surface area contributed by atoms with Gasteiger partial charge in [0.2, 0.25) is 0 Å². The minimum Gasteiger partial charge on any atom is -0.487 e. The molecule has 0 saturated heterocycles. The van der Waals surface area contributed by atoms with Crippen LogP contribution in [0.25, 0.3) is 0 Å². The van der Waals surface area contributed by atoms with Crippen LogP contribution in [0.15, 0.2) is 48.5 Å². The molecule has 0 radical (unpaired) electrons. The zero-order valence-electron chi connectivity index (χ0n) is 15.1. The molecular formula is C20H25ClN2O3. The lowest BCUT2D eigenvalue weighted by atomic mass is 10.1. The summed E-state index contributed by atoms with van der Waals surface area (Å²) in [5, 5.41) is 6.19. The first-order valence-electron chi connectivity index (χ1n) is 8.62. The third-order valence-electron chi connectivity index (χ3n) is 3.84. The summed E-state index contributed by atoms with van der Waals surface area (Å²) in [4.78, 5) is 12.3. The first-order valence-corrected chi connectivity index (χ1v) is 8.99. The van der Waals surface area contributed by atoms with E-state index < -0.39 is 0 Å². The lowest BCUT2D eigenvalue weighted by Gasteiger charge is -2.17. The number of halogens is 1. The fourth-order valence-corrected chi connectivity index (χ4v) is 2.69. The smallest absolute Gasteiger partial charge is 0.319 e. The van der Waals surface area contributed by atoms with Crippen LogP contribution in [0.3, 0.4) is 0 Å². The molecule has 0 saturated carbocycles. The Morgan fingerprint density at radius 2 is 1.88 bits per heavy atom. The fourth-order valence-electron chi connectivity index (χ4n) is 2.46. The van der Waals surface area contributed by atoms with Crippen molar-refractivity contribution >= 4 is 23.3 Å². The highest BCUT2D eigenvalue weighted by molar-refractivity contribution is 6.32. The van der Waals surface area contributed by atoms with Crippen molar-refractivity contribution in [2.45, 2.75) is 25.8 Å². The molecule has 6 heteroatoms. The van der Waals surface area contributed by atoms with Crippen molar-refractivity contribution in [3.63, 3.8) is 0 Å². The standard InChI is InChI=1S/C20H25ClN2O3/c1-15(11-12-16-7-4-3-5-8-16)22-20(24)23-18-10-6-9-17(21)19(18)26-14-13-25-2/h3-10,15H,11-14H2,1-2H3,(H2,22,23,24). The van der Waals surface area contributed by atoms with Gasteiger partial charge in [0.1, 0.15) is 6.61 Å². The summed E-state index contributed by atoms with van der Waals surface area (Å²) in [5.41, 5.74) is 1.78. The Labute approximate surface area is 159 Å². The Morgan fingerprint density at radius 3 is 2.62 bits per heavy atom. The molecule has 140 valence electrons. The number of para-hydroxylation sites is 1. The summed E-state index contributed by atoms with van der Waals surface area (Å²) in [6, 6.07) is 15.2. The van der Waals surface area contributed by atoms with E-state index in [4.69, 9.17) is 21.1 Å². The monoisotopic (exact) mass is 376 g/mol. The van der Waals surface area contributed by atoms with Crippen LogP contribution in [-0.4, -0.2) is 32.4 Å². The molecule has 2 rings (SSSR count). The highest BCUT2D eigenvalue weighted by atomic mass is 35.5. The first kappa shape index (κ1) is 20.1. The second kappa shape index (κ2) is 10.7. The van der Waals surface area contributed by atoms with Gasteiger partial charge >= 0.3 is 6.03 Å². The number of nitrogens with one attached hydrogen (secondary N) is 2. The highest BCUT2D eigenvalue weighted by Crippen LogP contribution is 2.32. The van der Waals surface area contributed by atoms with Gasteiger partial charge < -0.3 is 20.1 Å². The Bertz CT molecular complexity index is 695. The molecule has 26 heavy (non-hydrogen) atoms. The van der Waals surface area contributed by atoms with Crippen LogP contribution in [0.5, 0.6) is 5.75 Å².